The van der Waals surface area contributed by atoms with Crippen LogP contribution in [0.2, 0.25) is 0 Å². The summed E-state index contributed by atoms with van der Waals surface area (Å²) >= 11 is 0. The van der Waals surface area contributed by atoms with Gasteiger partial charge in [0.15, 0.2) is 0 Å². The number of aryl methyl sites for hydroxylation is 1. The second-order valence-corrected chi connectivity index (χ2v) is 5.89. The lowest BCUT2D eigenvalue weighted by molar-refractivity contribution is -0.140. The molecule has 6 heteroatoms. The fourth-order valence-corrected chi connectivity index (χ4v) is 1.77. The first-order valence-corrected chi connectivity index (χ1v) is 7.05. The molecule has 0 aliphatic rings. The van der Waals surface area contributed by atoms with E-state index in [0.717, 1.165) is 5.56 Å². The molecule has 2 N–H and O–H groups in total. The highest BCUT2D eigenvalue weighted by atomic mass is 16.6. The van der Waals surface area contributed by atoms with Gasteiger partial charge in [0.1, 0.15) is 11.4 Å². The van der Waals surface area contributed by atoms with E-state index in [0.29, 0.717) is 12.0 Å². The standard InChI is InChI=1S/C16H23NO5/c1-16(2,3)22-15(20)17-10-12-9-11(5-7-13(12)18)6-8-14(19)21-4/h5,7,9,18H,6,8,10H2,1-4H3,(H,17,20). The van der Waals surface area contributed by atoms with E-state index in [9.17, 15) is 14.7 Å². The quantitative estimate of drug-likeness (QED) is 0.816. The molecule has 0 heterocycles. The second-order valence-electron chi connectivity index (χ2n) is 5.89. The Morgan fingerprint density at radius 3 is 2.55 bits per heavy atom. The van der Waals surface area contributed by atoms with Gasteiger partial charge in [-0.1, -0.05) is 12.1 Å². The number of aromatic hydroxyl groups is 1. The zero-order valence-electron chi connectivity index (χ0n) is 13.4. The van der Waals surface area contributed by atoms with Crippen molar-refractivity contribution >= 4 is 12.1 Å². The molecule has 0 aromatic heterocycles. The summed E-state index contributed by atoms with van der Waals surface area (Å²) < 4.78 is 9.72. The van der Waals surface area contributed by atoms with Crippen LogP contribution in [-0.4, -0.2) is 29.9 Å². The van der Waals surface area contributed by atoms with Crippen molar-refractivity contribution in [3.8, 4) is 5.75 Å². The summed E-state index contributed by atoms with van der Waals surface area (Å²) in [6.07, 6.45) is 0.221. The minimum Gasteiger partial charge on any atom is -0.508 e. The molecule has 0 aliphatic carbocycles. The van der Waals surface area contributed by atoms with Crippen LogP contribution in [-0.2, 0) is 27.2 Å². The number of phenolic OH excluding ortho intramolecular Hbond substituents is 1. The number of nitrogens with one attached hydrogen (secondary N) is 1. The number of rotatable bonds is 5. The Morgan fingerprint density at radius 1 is 1.27 bits per heavy atom. The number of phenols is 1. The average molecular weight is 309 g/mol. The van der Waals surface area contributed by atoms with Gasteiger partial charge in [0.2, 0.25) is 0 Å². The van der Waals surface area contributed by atoms with Gasteiger partial charge in [0, 0.05) is 18.5 Å². The number of methoxy groups -OCH3 is 1. The molecule has 0 radical (unpaired) electrons. The number of hydrogen-bond donors (Lipinski definition) is 2. The first-order chi connectivity index (χ1) is 10.2. The van der Waals surface area contributed by atoms with Gasteiger partial charge in [0.05, 0.1) is 7.11 Å². The maximum atomic E-state index is 11.6. The van der Waals surface area contributed by atoms with Crippen LogP contribution in [0, 0.1) is 0 Å². The fraction of sp³-hybridized carbons (Fsp3) is 0.500. The maximum Gasteiger partial charge on any atom is 0.407 e. The monoisotopic (exact) mass is 309 g/mol. The van der Waals surface area contributed by atoms with E-state index in [-0.39, 0.29) is 24.7 Å². The zero-order valence-corrected chi connectivity index (χ0v) is 13.4. The van der Waals surface area contributed by atoms with Crippen LogP contribution in [0.1, 0.15) is 38.3 Å². The minimum atomic E-state index is -0.575. The highest BCUT2D eigenvalue weighted by Gasteiger charge is 2.16. The predicted molar refractivity (Wildman–Crippen MR) is 81.5 cm³/mol. The van der Waals surface area contributed by atoms with Crippen molar-refractivity contribution in [1.29, 1.82) is 0 Å². The second kappa shape index (κ2) is 7.68. The van der Waals surface area contributed by atoms with Gasteiger partial charge in [-0.25, -0.2) is 4.79 Å². The number of amides is 1. The molecule has 0 saturated carbocycles. The molecule has 0 saturated heterocycles. The maximum absolute atomic E-state index is 11.6. The van der Waals surface area contributed by atoms with Crippen molar-refractivity contribution in [3.63, 3.8) is 0 Å². The highest BCUT2D eigenvalue weighted by Crippen LogP contribution is 2.19. The van der Waals surface area contributed by atoms with E-state index in [2.05, 4.69) is 10.1 Å². The first-order valence-electron chi connectivity index (χ1n) is 7.05. The van der Waals surface area contributed by atoms with E-state index in [1.807, 2.05) is 0 Å². The summed E-state index contributed by atoms with van der Waals surface area (Å²) in [5.74, 6) is -0.209. The van der Waals surface area contributed by atoms with Crippen LogP contribution in [0.15, 0.2) is 18.2 Å². The summed E-state index contributed by atoms with van der Waals surface area (Å²) in [5, 5.41) is 12.4. The Hall–Kier alpha value is -2.24. The molecule has 0 unspecified atom stereocenters. The summed E-state index contributed by atoms with van der Waals surface area (Å²) in [6, 6.07) is 5.02. The lowest BCUT2D eigenvalue weighted by Crippen LogP contribution is -2.32. The Labute approximate surface area is 130 Å². The number of hydrogen-bond acceptors (Lipinski definition) is 5. The fourth-order valence-electron chi connectivity index (χ4n) is 1.77. The van der Waals surface area contributed by atoms with Gasteiger partial charge in [-0.05, 0) is 38.8 Å². The smallest absolute Gasteiger partial charge is 0.407 e. The molecule has 1 aromatic carbocycles. The van der Waals surface area contributed by atoms with Crippen molar-refractivity contribution in [2.75, 3.05) is 7.11 Å². The third-order valence-corrected chi connectivity index (χ3v) is 2.81. The van der Waals surface area contributed by atoms with Crippen molar-refractivity contribution in [3.05, 3.63) is 29.3 Å². The Bertz CT molecular complexity index is 534. The Balaban J connectivity index is 2.62. The molecule has 1 rings (SSSR count). The molecule has 0 bridgehead atoms. The average Bonchev–Trinajstić information content (AvgIpc) is 2.42. The summed E-state index contributed by atoms with van der Waals surface area (Å²) in [4.78, 5) is 22.7. The molecule has 1 amide bonds. The SMILES string of the molecule is COC(=O)CCc1ccc(O)c(CNC(=O)OC(C)(C)C)c1. The molecule has 0 spiro atoms. The Kier molecular flexibility index (Phi) is 6.22. The zero-order chi connectivity index (χ0) is 16.8. The van der Waals surface area contributed by atoms with E-state index in [1.54, 1.807) is 39.0 Å². The number of alkyl carbamates (subject to hydrolysis) is 1. The van der Waals surface area contributed by atoms with Crippen LogP contribution in [0.3, 0.4) is 0 Å². The number of benzene rings is 1. The lowest BCUT2D eigenvalue weighted by atomic mass is 10.1. The minimum absolute atomic E-state index is 0.0814. The van der Waals surface area contributed by atoms with Gasteiger partial charge in [-0.15, -0.1) is 0 Å². The number of carbonyl (C=O) groups excluding carboxylic acids is 2. The molecule has 6 nitrogen and oxygen atoms in total. The molecule has 0 atom stereocenters. The van der Waals surface area contributed by atoms with Crippen LogP contribution in [0.4, 0.5) is 4.79 Å². The van der Waals surface area contributed by atoms with E-state index in [4.69, 9.17) is 4.74 Å². The third kappa shape index (κ3) is 6.47. The molecule has 22 heavy (non-hydrogen) atoms. The molecular formula is C16H23NO5. The molecule has 1 aromatic rings. The first kappa shape index (κ1) is 17.8. The topological polar surface area (TPSA) is 84.9 Å². The van der Waals surface area contributed by atoms with Crippen LogP contribution in [0.25, 0.3) is 0 Å². The number of esters is 1. The van der Waals surface area contributed by atoms with Crippen molar-refractivity contribution in [2.24, 2.45) is 0 Å². The van der Waals surface area contributed by atoms with Gasteiger partial charge in [-0.3, -0.25) is 4.79 Å². The molecule has 0 fully saturated rings. The number of ether oxygens (including phenoxy) is 2. The van der Waals surface area contributed by atoms with Crippen LogP contribution in [0.5, 0.6) is 5.75 Å². The van der Waals surface area contributed by atoms with Gasteiger partial charge in [0.25, 0.3) is 0 Å². The van der Waals surface area contributed by atoms with Crippen LogP contribution < -0.4 is 5.32 Å². The normalized spacial score (nSPS) is 10.9. The van der Waals surface area contributed by atoms with Crippen molar-refractivity contribution in [2.45, 2.75) is 45.8 Å². The van der Waals surface area contributed by atoms with Crippen molar-refractivity contribution < 1.29 is 24.2 Å². The van der Waals surface area contributed by atoms with Gasteiger partial charge in [-0.2, -0.15) is 0 Å². The lowest BCUT2D eigenvalue weighted by Gasteiger charge is -2.19. The van der Waals surface area contributed by atoms with E-state index in [1.165, 1.54) is 7.11 Å². The summed E-state index contributed by atoms with van der Waals surface area (Å²) in [7, 11) is 1.34. The summed E-state index contributed by atoms with van der Waals surface area (Å²) in [6.45, 7) is 5.47. The predicted octanol–water partition coefficient (Wildman–Crippen LogP) is 2.52. The largest absolute Gasteiger partial charge is 0.508 e. The van der Waals surface area contributed by atoms with Crippen molar-refractivity contribution in [1.82, 2.24) is 5.32 Å². The highest BCUT2D eigenvalue weighted by molar-refractivity contribution is 5.69. The summed E-state index contributed by atoms with van der Waals surface area (Å²) in [5.41, 5.74) is 0.867. The van der Waals surface area contributed by atoms with Gasteiger partial charge >= 0.3 is 12.1 Å². The van der Waals surface area contributed by atoms with E-state index < -0.39 is 11.7 Å². The molecule has 122 valence electrons. The molecule has 0 aliphatic heterocycles. The third-order valence-electron chi connectivity index (χ3n) is 2.81. The van der Waals surface area contributed by atoms with Crippen LogP contribution >= 0.6 is 0 Å². The van der Waals surface area contributed by atoms with E-state index >= 15 is 0 Å². The molecular weight excluding hydrogens is 286 g/mol. The Morgan fingerprint density at radius 2 is 1.95 bits per heavy atom. The van der Waals surface area contributed by atoms with Gasteiger partial charge < -0.3 is 19.9 Å². The number of carbonyl (C=O) groups is 2.